The molecule has 144 valence electrons. The van der Waals surface area contributed by atoms with E-state index < -0.39 is 18.1 Å². The maximum absolute atomic E-state index is 12.8. The van der Waals surface area contributed by atoms with E-state index in [9.17, 15) is 19.2 Å². The van der Waals surface area contributed by atoms with Crippen LogP contribution >= 0.6 is 0 Å². The van der Waals surface area contributed by atoms with Crippen molar-refractivity contribution in [1.82, 2.24) is 20.5 Å². The molecule has 2 saturated heterocycles. The maximum atomic E-state index is 12.8. The van der Waals surface area contributed by atoms with Gasteiger partial charge in [0.1, 0.15) is 23.9 Å². The van der Waals surface area contributed by atoms with E-state index in [0.29, 0.717) is 38.0 Å². The highest BCUT2D eigenvalue weighted by molar-refractivity contribution is 5.99. The van der Waals surface area contributed by atoms with Gasteiger partial charge in [-0.2, -0.15) is 0 Å². The first-order valence-electron chi connectivity index (χ1n) is 9.08. The van der Waals surface area contributed by atoms with Crippen molar-refractivity contribution in [2.45, 2.75) is 50.7 Å². The highest BCUT2D eigenvalue weighted by Crippen LogP contribution is 2.20. The van der Waals surface area contributed by atoms with Crippen LogP contribution in [0.5, 0.6) is 0 Å². The van der Waals surface area contributed by atoms with Crippen LogP contribution in [0.1, 0.15) is 32.6 Å². The monoisotopic (exact) mass is 373 g/mol. The molecule has 0 saturated carbocycles. The molecule has 0 aromatic carbocycles. The first-order chi connectivity index (χ1) is 13.0. The third-order valence-electron chi connectivity index (χ3n) is 4.80. The number of anilines is 1. The summed E-state index contributed by atoms with van der Waals surface area (Å²) in [5.74, 6) is -0.720. The number of nitrogens with one attached hydrogen (secondary N) is 3. The van der Waals surface area contributed by atoms with Crippen LogP contribution in [0, 0.1) is 0 Å². The molecule has 4 amide bonds. The third-order valence-corrected chi connectivity index (χ3v) is 4.80. The lowest BCUT2D eigenvalue weighted by Crippen LogP contribution is -2.54. The Morgan fingerprint density at radius 1 is 1.26 bits per heavy atom. The lowest BCUT2D eigenvalue weighted by molar-refractivity contribution is -0.140. The minimum Gasteiger partial charge on any atom is -0.344 e. The number of hydrogen-bond donors (Lipinski definition) is 3. The first kappa shape index (κ1) is 18.8. The zero-order valence-corrected chi connectivity index (χ0v) is 15.1. The van der Waals surface area contributed by atoms with E-state index in [1.54, 1.807) is 31.3 Å². The molecule has 3 rings (SSSR count). The maximum Gasteiger partial charge on any atom is 0.248 e. The highest BCUT2D eigenvalue weighted by atomic mass is 16.2. The number of carbonyl (C=O) groups excluding carboxylic acids is 4. The molecular formula is C18H23N5O4. The number of carbonyl (C=O) groups is 4. The van der Waals surface area contributed by atoms with E-state index >= 15 is 0 Å². The van der Waals surface area contributed by atoms with Gasteiger partial charge in [0.15, 0.2) is 0 Å². The molecule has 0 radical (unpaired) electrons. The van der Waals surface area contributed by atoms with E-state index in [1.807, 2.05) is 0 Å². The molecule has 3 atom stereocenters. The second-order valence-electron chi connectivity index (χ2n) is 6.78. The molecule has 27 heavy (non-hydrogen) atoms. The summed E-state index contributed by atoms with van der Waals surface area (Å²) in [6, 6.07) is 3.22. The summed E-state index contributed by atoms with van der Waals surface area (Å²) < 4.78 is 0. The topological polar surface area (TPSA) is 121 Å². The quantitative estimate of drug-likeness (QED) is 0.660. The van der Waals surface area contributed by atoms with Gasteiger partial charge in [0, 0.05) is 19.2 Å². The number of hydrogen-bond acceptors (Lipinski definition) is 5. The second-order valence-corrected chi connectivity index (χ2v) is 6.78. The molecule has 0 aliphatic carbocycles. The molecule has 2 aliphatic rings. The van der Waals surface area contributed by atoms with Crippen LogP contribution < -0.4 is 16.0 Å². The Kier molecular flexibility index (Phi) is 5.68. The SMILES string of the molecule is C[C@H](NC(=O)[C@@H]1CCC(=O)N1)C(=O)N1CCC[C@H]1C(=O)Nc1ccccn1. The van der Waals surface area contributed by atoms with E-state index in [2.05, 4.69) is 20.9 Å². The minimum absolute atomic E-state index is 0.167. The first-order valence-corrected chi connectivity index (χ1v) is 9.08. The summed E-state index contributed by atoms with van der Waals surface area (Å²) in [4.78, 5) is 54.3. The van der Waals surface area contributed by atoms with Gasteiger partial charge in [-0.15, -0.1) is 0 Å². The normalized spacial score (nSPS) is 22.9. The second kappa shape index (κ2) is 8.15. The number of rotatable bonds is 5. The van der Waals surface area contributed by atoms with Gasteiger partial charge < -0.3 is 20.9 Å². The molecule has 0 unspecified atom stereocenters. The summed E-state index contributed by atoms with van der Waals surface area (Å²) in [7, 11) is 0. The predicted molar refractivity (Wildman–Crippen MR) is 96.4 cm³/mol. The average Bonchev–Trinajstić information content (AvgIpc) is 3.31. The highest BCUT2D eigenvalue weighted by Gasteiger charge is 2.37. The molecule has 2 fully saturated rings. The Hall–Kier alpha value is -2.97. The Morgan fingerprint density at radius 3 is 2.74 bits per heavy atom. The number of pyridine rings is 1. The Labute approximate surface area is 156 Å². The average molecular weight is 373 g/mol. The molecule has 1 aromatic heterocycles. The van der Waals surface area contributed by atoms with Gasteiger partial charge in [0.2, 0.25) is 23.6 Å². The van der Waals surface area contributed by atoms with Crippen LogP contribution in [0.3, 0.4) is 0 Å². The fourth-order valence-corrected chi connectivity index (χ4v) is 3.38. The Balaban J connectivity index is 1.58. The minimum atomic E-state index is -0.779. The molecule has 3 heterocycles. The summed E-state index contributed by atoms with van der Waals surface area (Å²) in [5, 5.41) is 7.93. The summed E-state index contributed by atoms with van der Waals surface area (Å²) in [6.07, 6.45) is 3.58. The van der Waals surface area contributed by atoms with Crippen molar-refractivity contribution < 1.29 is 19.2 Å². The van der Waals surface area contributed by atoms with E-state index in [-0.39, 0.29) is 23.6 Å². The van der Waals surface area contributed by atoms with Crippen LogP contribution in [0.15, 0.2) is 24.4 Å². The van der Waals surface area contributed by atoms with Crippen molar-refractivity contribution in [3.8, 4) is 0 Å². The lowest BCUT2D eigenvalue weighted by atomic mass is 10.1. The molecule has 0 bridgehead atoms. The molecule has 9 heteroatoms. The van der Waals surface area contributed by atoms with Crippen LogP contribution in [0.2, 0.25) is 0 Å². The smallest absolute Gasteiger partial charge is 0.248 e. The molecule has 2 aliphatic heterocycles. The largest absolute Gasteiger partial charge is 0.344 e. The molecule has 0 spiro atoms. The number of likely N-dealkylation sites (tertiary alicyclic amines) is 1. The van der Waals surface area contributed by atoms with E-state index in [4.69, 9.17) is 0 Å². The van der Waals surface area contributed by atoms with Crippen LogP contribution in [-0.4, -0.2) is 58.2 Å². The van der Waals surface area contributed by atoms with Gasteiger partial charge in [-0.3, -0.25) is 19.2 Å². The van der Waals surface area contributed by atoms with Crippen LogP contribution in [0.25, 0.3) is 0 Å². The molecule has 3 N–H and O–H groups in total. The van der Waals surface area contributed by atoms with Gasteiger partial charge in [-0.05, 0) is 38.3 Å². The zero-order chi connectivity index (χ0) is 19.4. The van der Waals surface area contributed by atoms with Gasteiger partial charge in [0.25, 0.3) is 0 Å². The molecular weight excluding hydrogens is 350 g/mol. The van der Waals surface area contributed by atoms with Crippen molar-refractivity contribution in [2.75, 3.05) is 11.9 Å². The van der Waals surface area contributed by atoms with Crippen LogP contribution in [0.4, 0.5) is 5.82 Å². The summed E-state index contributed by atoms with van der Waals surface area (Å²) >= 11 is 0. The van der Waals surface area contributed by atoms with Crippen molar-refractivity contribution in [3.05, 3.63) is 24.4 Å². The zero-order valence-electron chi connectivity index (χ0n) is 15.1. The standard InChI is InChI=1S/C18H23N5O4/c1-11(20-16(25)12-7-8-15(24)21-12)18(27)23-10-4-5-13(23)17(26)22-14-6-2-3-9-19-14/h2-3,6,9,11-13H,4-5,7-8,10H2,1H3,(H,20,25)(H,21,24)(H,19,22,26)/t11-,12-,13-/m0/s1. The number of aromatic nitrogens is 1. The van der Waals surface area contributed by atoms with Crippen molar-refractivity contribution in [1.29, 1.82) is 0 Å². The predicted octanol–water partition coefficient (Wildman–Crippen LogP) is -0.206. The van der Waals surface area contributed by atoms with Crippen molar-refractivity contribution in [3.63, 3.8) is 0 Å². The molecule has 9 nitrogen and oxygen atoms in total. The third kappa shape index (κ3) is 4.42. The number of nitrogens with zero attached hydrogens (tertiary/aromatic N) is 2. The van der Waals surface area contributed by atoms with E-state index in [0.717, 1.165) is 0 Å². The number of amides is 4. The van der Waals surface area contributed by atoms with Gasteiger partial charge in [-0.25, -0.2) is 4.98 Å². The van der Waals surface area contributed by atoms with Gasteiger partial charge in [-0.1, -0.05) is 6.07 Å². The summed E-state index contributed by atoms with van der Waals surface area (Å²) in [6.45, 7) is 2.04. The van der Waals surface area contributed by atoms with E-state index in [1.165, 1.54) is 4.90 Å². The van der Waals surface area contributed by atoms with Gasteiger partial charge in [0.05, 0.1) is 0 Å². The van der Waals surface area contributed by atoms with Crippen LogP contribution in [-0.2, 0) is 19.2 Å². The Morgan fingerprint density at radius 2 is 2.07 bits per heavy atom. The van der Waals surface area contributed by atoms with Gasteiger partial charge >= 0.3 is 0 Å². The lowest BCUT2D eigenvalue weighted by Gasteiger charge is -2.27. The Bertz CT molecular complexity index is 739. The summed E-state index contributed by atoms with van der Waals surface area (Å²) in [5.41, 5.74) is 0. The van der Waals surface area contributed by atoms with Crippen molar-refractivity contribution >= 4 is 29.4 Å². The fraction of sp³-hybridized carbons (Fsp3) is 0.500. The van der Waals surface area contributed by atoms with Crippen molar-refractivity contribution in [2.24, 2.45) is 0 Å². The molecule has 1 aromatic rings. The fourth-order valence-electron chi connectivity index (χ4n) is 3.38.